The molecule has 2 N–H and O–H groups in total. The highest BCUT2D eigenvalue weighted by Gasteiger charge is 2.04. The van der Waals surface area contributed by atoms with Gasteiger partial charge in [0.2, 0.25) is 5.91 Å². The normalized spacial score (nSPS) is 10.2. The number of benzene rings is 1. The summed E-state index contributed by atoms with van der Waals surface area (Å²) >= 11 is 4.01. The summed E-state index contributed by atoms with van der Waals surface area (Å²) in [4.78, 5) is 26.5. The summed E-state index contributed by atoms with van der Waals surface area (Å²) in [5.74, 6) is 6.04. The van der Waals surface area contributed by atoms with Gasteiger partial charge in [-0.2, -0.15) is 17.7 Å². The Morgan fingerprint density at radius 1 is 1.09 bits per heavy atom. The Hall–Kier alpha value is -3.03. The summed E-state index contributed by atoms with van der Waals surface area (Å²) in [6.45, 7) is 2.16. The van der Waals surface area contributed by atoms with Crippen molar-refractivity contribution in [2.24, 2.45) is 10.2 Å². The molecule has 0 fully saturated rings. The molecule has 1 rings (SSSR count). The molecule has 33 heavy (non-hydrogen) atoms. The zero-order valence-corrected chi connectivity index (χ0v) is 19.4. The minimum absolute atomic E-state index is 0.147. The number of thiol groups is 1. The zero-order valence-electron chi connectivity index (χ0n) is 18.5. The van der Waals surface area contributed by atoms with E-state index in [1.165, 1.54) is 6.21 Å². The third kappa shape index (κ3) is 15.4. The van der Waals surface area contributed by atoms with E-state index in [0.29, 0.717) is 57.3 Å². The van der Waals surface area contributed by atoms with Crippen LogP contribution in [0.25, 0.3) is 10.4 Å². The van der Waals surface area contributed by atoms with Crippen molar-refractivity contribution in [1.82, 2.24) is 10.7 Å². The van der Waals surface area contributed by atoms with Crippen LogP contribution in [0.5, 0.6) is 0 Å². The highest BCUT2D eigenvalue weighted by atomic mass is 32.1. The molecule has 0 aliphatic heterocycles. The number of amides is 2. The van der Waals surface area contributed by atoms with Crippen LogP contribution in [-0.2, 0) is 14.3 Å². The fourth-order valence-electron chi connectivity index (χ4n) is 2.41. The van der Waals surface area contributed by atoms with Gasteiger partial charge in [0.1, 0.15) is 0 Å². The van der Waals surface area contributed by atoms with E-state index in [4.69, 9.17) is 15.0 Å². The Balaban J connectivity index is 2.17. The Bertz CT molecular complexity index is 845. The van der Waals surface area contributed by atoms with Crippen LogP contribution < -0.4 is 10.7 Å². The van der Waals surface area contributed by atoms with Crippen molar-refractivity contribution in [2.75, 3.05) is 45.3 Å². The van der Waals surface area contributed by atoms with Gasteiger partial charge in [-0.25, -0.2) is 5.43 Å². The number of rotatable bonds is 16. The largest absolute Gasteiger partial charge is 0.379 e. The van der Waals surface area contributed by atoms with Gasteiger partial charge in [0.05, 0.1) is 38.4 Å². The first-order chi connectivity index (χ1) is 16.2. The van der Waals surface area contributed by atoms with Crippen molar-refractivity contribution in [3.05, 3.63) is 45.8 Å². The van der Waals surface area contributed by atoms with Crippen LogP contribution in [0, 0.1) is 11.8 Å². The molecule has 0 aliphatic carbocycles. The highest BCUT2D eigenvalue weighted by Crippen LogP contribution is 2.03. The topological polar surface area (TPSA) is 138 Å². The average molecular weight is 475 g/mol. The Labute approximate surface area is 199 Å². The standard InChI is InChI=1S/C22H30N6O4S/c23-28-25-12-14-32-16-15-31-13-11-24-22(30)20-9-7-19(8-10-20)18-26-27-21(29)6-4-2-1-3-5-17-33/h7-10,18,33H,1-2,4,6,11-17H2,(H,24,30)(H,27,29)/b26-18-. The molecule has 0 atom stereocenters. The number of azide groups is 1. The Morgan fingerprint density at radius 2 is 1.85 bits per heavy atom. The maximum atomic E-state index is 12.1. The van der Waals surface area contributed by atoms with E-state index >= 15 is 0 Å². The second-order valence-corrected chi connectivity index (χ2v) is 6.89. The molecule has 0 aromatic heterocycles. The van der Waals surface area contributed by atoms with Crippen molar-refractivity contribution in [3.8, 4) is 11.8 Å². The second-order valence-electron chi connectivity index (χ2n) is 6.57. The highest BCUT2D eigenvalue weighted by molar-refractivity contribution is 7.80. The monoisotopic (exact) mass is 474 g/mol. The van der Waals surface area contributed by atoms with Crippen LogP contribution in [0.15, 0.2) is 34.5 Å². The molecule has 0 radical (unpaired) electrons. The molecular formula is C22H30N6O4S. The quantitative estimate of drug-likeness (QED) is 0.0496. The number of hydrogen-bond donors (Lipinski definition) is 3. The third-order valence-electron chi connectivity index (χ3n) is 4.04. The maximum absolute atomic E-state index is 12.1. The molecule has 0 unspecified atom stereocenters. The minimum Gasteiger partial charge on any atom is -0.379 e. The first-order valence-corrected chi connectivity index (χ1v) is 11.2. The molecule has 178 valence electrons. The summed E-state index contributed by atoms with van der Waals surface area (Å²) in [6.07, 6.45) is 4.31. The lowest BCUT2D eigenvalue weighted by atomic mass is 10.1. The molecule has 0 spiro atoms. The van der Waals surface area contributed by atoms with Crippen LogP contribution in [0.2, 0.25) is 0 Å². The van der Waals surface area contributed by atoms with Gasteiger partial charge >= 0.3 is 0 Å². The summed E-state index contributed by atoms with van der Waals surface area (Å²) in [6, 6.07) is 6.86. The predicted octanol–water partition coefficient (Wildman–Crippen LogP) is 2.70. The smallest absolute Gasteiger partial charge is 0.251 e. The van der Waals surface area contributed by atoms with Crippen LogP contribution in [0.1, 0.15) is 41.6 Å². The molecule has 0 saturated carbocycles. The molecule has 11 heteroatoms. The molecule has 0 aliphatic rings. The molecule has 1 aromatic carbocycles. The van der Waals surface area contributed by atoms with Gasteiger partial charge in [-0.15, -0.1) is 5.92 Å². The van der Waals surface area contributed by atoms with Gasteiger partial charge in [0.25, 0.3) is 5.91 Å². The SMILES string of the molecule is [N-]=[N+]=NCCOCCOCCNC(=O)c1ccc(/C=N\NC(=O)CCCCC#CCS)cc1. The molecule has 2 amide bonds. The maximum Gasteiger partial charge on any atom is 0.251 e. The first-order valence-electron chi connectivity index (χ1n) is 10.6. The van der Waals surface area contributed by atoms with Gasteiger partial charge in [0, 0.05) is 36.4 Å². The lowest BCUT2D eigenvalue weighted by molar-refractivity contribution is -0.121. The third-order valence-corrected chi connectivity index (χ3v) is 4.20. The van der Waals surface area contributed by atoms with Crippen molar-refractivity contribution in [2.45, 2.75) is 25.7 Å². The number of hydrazone groups is 1. The van der Waals surface area contributed by atoms with E-state index in [-0.39, 0.29) is 11.8 Å². The van der Waals surface area contributed by atoms with Gasteiger partial charge < -0.3 is 14.8 Å². The van der Waals surface area contributed by atoms with E-state index in [1.807, 2.05) is 0 Å². The van der Waals surface area contributed by atoms with Crippen molar-refractivity contribution >= 4 is 30.7 Å². The number of carbonyl (C=O) groups excluding carboxylic acids is 2. The minimum atomic E-state index is -0.208. The Kier molecular flexibility index (Phi) is 16.7. The zero-order chi connectivity index (χ0) is 24.0. The van der Waals surface area contributed by atoms with E-state index < -0.39 is 0 Å². The average Bonchev–Trinajstić information content (AvgIpc) is 2.83. The molecular weight excluding hydrogens is 444 g/mol. The summed E-state index contributed by atoms with van der Waals surface area (Å²) in [5.41, 5.74) is 11.9. The number of nitrogens with one attached hydrogen (secondary N) is 2. The van der Waals surface area contributed by atoms with E-state index in [0.717, 1.165) is 24.8 Å². The van der Waals surface area contributed by atoms with Crippen LogP contribution in [-0.4, -0.2) is 63.3 Å². The van der Waals surface area contributed by atoms with Gasteiger partial charge in [-0.1, -0.05) is 23.2 Å². The number of ether oxygens (including phenoxy) is 2. The molecule has 1 aromatic rings. The van der Waals surface area contributed by atoms with Gasteiger partial charge in [-0.3, -0.25) is 9.59 Å². The molecule has 10 nitrogen and oxygen atoms in total. The molecule has 0 saturated heterocycles. The van der Waals surface area contributed by atoms with Crippen molar-refractivity contribution in [1.29, 1.82) is 0 Å². The number of nitrogens with zero attached hydrogens (tertiary/aromatic N) is 4. The Morgan fingerprint density at radius 3 is 2.58 bits per heavy atom. The fraction of sp³-hybridized carbons (Fsp3) is 0.500. The van der Waals surface area contributed by atoms with Gasteiger partial charge in [0.15, 0.2) is 0 Å². The molecule has 0 heterocycles. The van der Waals surface area contributed by atoms with E-state index in [1.54, 1.807) is 24.3 Å². The summed E-state index contributed by atoms with van der Waals surface area (Å²) in [5, 5.41) is 10.1. The van der Waals surface area contributed by atoms with Crippen molar-refractivity contribution < 1.29 is 19.1 Å². The lowest BCUT2D eigenvalue weighted by Gasteiger charge is -2.07. The van der Waals surface area contributed by atoms with Crippen LogP contribution >= 0.6 is 12.6 Å². The lowest BCUT2D eigenvalue weighted by Crippen LogP contribution is -2.27. The predicted molar refractivity (Wildman–Crippen MR) is 130 cm³/mol. The number of hydrogen-bond acceptors (Lipinski definition) is 7. The van der Waals surface area contributed by atoms with Crippen molar-refractivity contribution in [3.63, 3.8) is 0 Å². The van der Waals surface area contributed by atoms with Gasteiger partial charge in [-0.05, 0) is 36.1 Å². The summed E-state index contributed by atoms with van der Waals surface area (Å²) < 4.78 is 10.6. The fourth-order valence-corrected chi connectivity index (χ4v) is 2.52. The number of carbonyl (C=O) groups is 2. The van der Waals surface area contributed by atoms with Crippen LogP contribution in [0.3, 0.4) is 0 Å². The molecule has 0 bridgehead atoms. The summed E-state index contributed by atoms with van der Waals surface area (Å²) in [7, 11) is 0. The number of unbranched alkanes of at least 4 members (excludes halogenated alkanes) is 2. The second kappa shape index (κ2) is 19.6. The van der Waals surface area contributed by atoms with E-state index in [2.05, 4.69) is 50.3 Å². The first kappa shape index (κ1) is 28.0. The van der Waals surface area contributed by atoms with Crippen LogP contribution in [0.4, 0.5) is 0 Å². The van der Waals surface area contributed by atoms with E-state index in [9.17, 15) is 9.59 Å².